The van der Waals surface area contributed by atoms with Crippen molar-refractivity contribution in [3.8, 4) is 5.69 Å². The van der Waals surface area contributed by atoms with Gasteiger partial charge in [-0.3, -0.25) is 9.36 Å². The first kappa shape index (κ1) is 17.4. The number of anilines is 2. The van der Waals surface area contributed by atoms with Crippen LogP contribution in [0.25, 0.3) is 16.9 Å². The molecule has 2 atom stereocenters. The standard InChI is InChI=1S/C20H20N8O/c29-18-7-9-21-12-28(18)15-5-6-17(23-11-15)24-13-3-4-14(10-13)25-20-26-16-2-1-8-22-19(16)27-20/h1-2,5-9,11-14H,3-4,10H2,(H,23,24)(H2,22,25,26,27)/t13-,14-/m0/s1. The third-order valence-electron chi connectivity index (χ3n) is 5.13. The minimum atomic E-state index is -0.131. The number of imidazole rings is 1. The second-order valence-electron chi connectivity index (χ2n) is 7.15. The molecule has 0 bridgehead atoms. The van der Waals surface area contributed by atoms with E-state index in [4.69, 9.17) is 0 Å². The lowest BCUT2D eigenvalue weighted by atomic mass is 10.2. The Morgan fingerprint density at radius 3 is 2.72 bits per heavy atom. The van der Waals surface area contributed by atoms with Gasteiger partial charge in [0.2, 0.25) is 5.95 Å². The average Bonchev–Trinajstić information content (AvgIpc) is 3.35. The van der Waals surface area contributed by atoms with Gasteiger partial charge >= 0.3 is 0 Å². The maximum Gasteiger partial charge on any atom is 0.257 e. The summed E-state index contributed by atoms with van der Waals surface area (Å²) in [6.45, 7) is 0. The first-order valence-electron chi connectivity index (χ1n) is 9.57. The highest BCUT2D eigenvalue weighted by Crippen LogP contribution is 2.25. The number of aromatic nitrogens is 6. The molecule has 4 aromatic rings. The van der Waals surface area contributed by atoms with Crippen LogP contribution in [0.1, 0.15) is 19.3 Å². The summed E-state index contributed by atoms with van der Waals surface area (Å²) < 4.78 is 1.47. The minimum Gasteiger partial charge on any atom is -0.367 e. The molecule has 4 aromatic heterocycles. The van der Waals surface area contributed by atoms with Gasteiger partial charge in [-0.2, -0.15) is 4.98 Å². The number of aromatic amines is 1. The predicted octanol–water partition coefficient (Wildman–Crippen LogP) is 2.34. The Morgan fingerprint density at radius 1 is 1.03 bits per heavy atom. The molecule has 0 saturated heterocycles. The molecule has 9 heteroatoms. The molecule has 0 radical (unpaired) electrons. The number of nitrogens with one attached hydrogen (secondary N) is 3. The van der Waals surface area contributed by atoms with Crippen LogP contribution in [0.3, 0.4) is 0 Å². The highest BCUT2D eigenvalue weighted by molar-refractivity contribution is 5.72. The molecule has 9 nitrogen and oxygen atoms in total. The summed E-state index contributed by atoms with van der Waals surface area (Å²) in [5.41, 5.74) is 2.21. The van der Waals surface area contributed by atoms with Crippen LogP contribution in [0.4, 0.5) is 11.8 Å². The largest absolute Gasteiger partial charge is 0.367 e. The lowest BCUT2D eigenvalue weighted by molar-refractivity contribution is 0.718. The Labute approximate surface area is 166 Å². The van der Waals surface area contributed by atoms with Crippen LogP contribution in [-0.2, 0) is 0 Å². The highest BCUT2D eigenvalue weighted by Gasteiger charge is 2.25. The first-order valence-corrected chi connectivity index (χ1v) is 9.57. The van der Waals surface area contributed by atoms with Crippen molar-refractivity contribution >= 4 is 22.9 Å². The third kappa shape index (κ3) is 3.66. The molecule has 0 spiro atoms. The Hall–Kier alpha value is -3.75. The second kappa shape index (κ2) is 7.34. The van der Waals surface area contributed by atoms with Crippen LogP contribution in [0.2, 0.25) is 0 Å². The summed E-state index contributed by atoms with van der Waals surface area (Å²) in [6, 6.07) is 9.70. The molecule has 146 valence electrons. The number of rotatable bonds is 5. The van der Waals surface area contributed by atoms with E-state index >= 15 is 0 Å². The second-order valence-corrected chi connectivity index (χ2v) is 7.15. The molecule has 0 unspecified atom stereocenters. The molecule has 1 aliphatic rings. The SMILES string of the molecule is O=c1ccncn1-c1ccc(N[C@H]2CC[C@H](Nc3nc4ncccc4[nH]3)C2)nc1. The Kier molecular flexibility index (Phi) is 4.39. The van der Waals surface area contributed by atoms with Gasteiger partial charge in [0.15, 0.2) is 5.65 Å². The Morgan fingerprint density at radius 2 is 1.93 bits per heavy atom. The topological polar surface area (TPSA) is 113 Å². The monoisotopic (exact) mass is 388 g/mol. The molecular weight excluding hydrogens is 368 g/mol. The molecule has 1 fully saturated rings. The van der Waals surface area contributed by atoms with Crippen LogP contribution in [0.15, 0.2) is 60.0 Å². The molecule has 0 amide bonds. The zero-order valence-electron chi connectivity index (χ0n) is 15.6. The van der Waals surface area contributed by atoms with Crippen molar-refractivity contribution in [2.45, 2.75) is 31.3 Å². The Balaban J connectivity index is 1.21. The van der Waals surface area contributed by atoms with Crippen LogP contribution in [0, 0.1) is 0 Å². The fourth-order valence-corrected chi connectivity index (χ4v) is 3.72. The summed E-state index contributed by atoms with van der Waals surface area (Å²) in [6.07, 6.45) is 9.45. The molecule has 1 saturated carbocycles. The van der Waals surface area contributed by atoms with E-state index in [1.54, 1.807) is 12.4 Å². The lowest BCUT2D eigenvalue weighted by Gasteiger charge is -2.15. The normalized spacial score (nSPS) is 18.8. The minimum absolute atomic E-state index is 0.131. The quantitative estimate of drug-likeness (QED) is 0.481. The summed E-state index contributed by atoms with van der Waals surface area (Å²) in [5.74, 6) is 1.55. The summed E-state index contributed by atoms with van der Waals surface area (Å²) >= 11 is 0. The summed E-state index contributed by atoms with van der Waals surface area (Å²) in [7, 11) is 0. The van der Waals surface area contributed by atoms with E-state index in [2.05, 4.69) is 35.6 Å². The van der Waals surface area contributed by atoms with Crippen LogP contribution >= 0.6 is 0 Å². The number of H-pyrrole nitrogens is 1. The van der Waals surface area contributed by atoms with Gasteiger partial charge in [-0.25, -0.2) is 15.0 Å². The maximum atomic E-state index is 11.9. The van der Waals surface area contributed by atoms with Crippen molar-refractivity contribution in [1.82, 2.24) is 29.5 Å². The van der Waals surface area contributed by atoms with E-state index in [0.29, 0.717) is 17.8 Å². The van der Waals surface area contributed by atoms with E-state index in [1.165, 1.54) is 23.2 Å². The van der Waals surface area contributed by atoms with E-state index in [-0.39, 0.29) is 5.56 Å². The molecule has 1 aliphatic carbocycles. The number of pyridine rings is 2. The van der Waals surface area contributed by atoms with E-state index in [1.807, 2.05) is 24.3 Å². The third-order valence-corrected chi connectivity index (χ3v) is 5.13. The van der Waals surface area contributed by atoms with E-state index < -0.39 is 0 Å². The molecule has 29 heavy (non-hydrogen) atoms. The molecule has 3 N–H and O–H groups in total. The van der Waals surface area contributed by atoms with Gasteiger partial charge in [0.1, 0.15) is 12.1 Å². The highest BCUT2D eigenvalue weighted by atomic mass is 16.1. The number of fused-ring (bicyclic) bond motifs is 1. The van der Waals surface area contributed by atoms with Crippen molar-refractivity contribution in [1.29, 1.82) is 0 Å². The first-order chi connectivity index (χ1) is 14.2. The molecular formula is C20H20N8O. The van der Waals surface area contributed by atoms with Crippen molar-refractivity contribution in [2.75, 3.05) is 10.6 Å². The number of hydrogen-bond donors (Lipinski definition) is 3. The van der Waals surface area contributed by atoms with Gasteiger partial charge in [0.05, 0.1) is 17.4 Å². The smallest absolute Gasteiger partial charge is 0.257 e. The van der Waals surface area contributed by atoms with Gasteiger partial charge in [0, 0.05) is 30.5 Å². The number of nitrogens with zero attached hydrogens (tertiary/aromatic N) is 5. The Bertz CT molecular complexity index is 1150. The lowest BCUT2D eigenvalue weighted by Crippen LogP contribution is -2.21. The zero-order chi connectivity index (χ0) is 19.6. The van der Waals surface area contributed by atoms with Crippen LogP contribution in [-0.4, -0.2) is 41.6 Å². The van der Waals surface area contributed by atoms with Gasteiger partial charge in [0.25, 0.3) is 5.56 Å². The average molecular weight is 388 g/mol. The molecule has 4 heterocycles. The molecule has 5 rings (SSSR count). The van der Waals surface area contributed by atoms with Crippen molar-refractivity contribution < 1.29 is 0 Å². The van der Waals surface area contributed by atoms with Gasteiger partial charge in [-0.1, -0.05) is 0 Å². The maximum absolute atomic E-state index is 11.9. The fourth-order valence-electron chi connectivity index (χ4n) is 3.72. The van der Waals surface area contributed by atoms with E-state index in [0.717, 1.165) is 42.2 Å². The van der Waals surface area contributed by atoms with Crippen LogP contribution < -0.4 is 16.2 Å². The predicted molar refractivity (Wildman–Crippen MR) is 110 cm³/mol. The molecule has 0 aromatic carbocycles. The van der Waals surface area contributed by atoms with Gasteiger partial charge in [-0.05, 0) is 43.5 Å². The van der Waals surface area contributed by atoms with E-state index in [9.17, 15) is 4.79 Å². The summed E-state index contributed by atoms with van der Waals surface area (Å²) in [4.78, 5) is 32.3. The van der Waals surface area contributed by atoms with Crippen molar-refractivity contribution in [3.05, 3.63) is 65.6 Å². The van der Waals surface area contributed by atoms with Crippen LogP contribution in [0.5, 0.6) is 0 Å². The fraction of sp³-hybridized carbons (Fsp3) is 0.250. The van der Waals surface area contributed by atoms with Crippen molar-refractivity contribution in [3.63, 3.8) is 0 Å². The zero-order valence-corrected chi connectivity index (χ0v) is 15.6. The number of hydrogen-bond acceptors (Lipinski definition) is 7. The van der Waals surface area contributed by atoms with Gasteiger partial charge in [-0.15, -0.1) is 0 Å². The van der Waals surface area contributed by atoms with Crippen molar-refractivity contribution in [2.24, 2.45) is 0 Å². The van der Waals surface area contributed by atoms with Gasteiger partial charge < -0.3 is 15.6 Å². The summed E-state index contributed by atoms with van der Waals surface area (Å²) in [5, 5.41) is 6.95. The molecule has 0 aliphatic heterocycles.